The van der Waals surface area contributed by atoms with Gasteiger partial charge in [-0.15, -0.1) is 0 Å². The van der Waals surface area contributed by atoms with Gasteiger partial charge in [0.15, 0.2) is 0 Å². The third-order valence-corrected chi connectivity index (χ3v) is 3.98. The zero-order chi connectivity index (χ0) is 14.3. The fourth-order valence-electron chi connectivity index (χ4n) is 2.90. The monoisotopic (exact) mass is 365 g/mol. The van der Waals surface area contributed by atoms with E-state index in [1.165, 1.54) is 0 Å². The summed E-state index contributed by atoms with van der Waals surface area (Å²) in [6.45, 7) is 0.985. The predicted molar refractivity (Wildman–Crippen MR) is 66.3 cm³/mol. The molecule has 4 rings (SSSR count). The van der Waals surface area contributed by atoms with Gasteiger partial charge >= 0.3 is 51.4 Å². The van der Waals surface area contributed by atoms with Crippen LogP contribution in [-0.2, 0) is 18.9 Å². The van der Waals surface area contributed by atoms with Gasteiger partial charge in [0, 0.05) is 6.61 Å². The third-order valence-electron chi connectivity index (χ3n) is 3.98. The van der Waals surface area contributed by atoms with Gasteiger partial charge in [0.05, 0.1) is 25.9 Å². The first-order valence-electron chi connectivity index (χ1n) is 6.74. The molecule has 132 valence electrons. The molecule has 4 aliphatic rings. The van der Waals surface area contributed by atoms with Crippen molar-refractivity contribution in [3.63, 3.8) is 0 Å². The van der Waals surface area contributed by atoms with E-state index in [9.17, 15) is 5.11 Å². The van der Waals surface area contributed by atoms with Crippen LogP contribution in [0.25, 0.3) is 0 Å². The predicted octanol–water partition coefficient (Wildman–Crippen LogP) is -7.62. The second kappa shape index (κ2) is 10.4. The quantitative estimate of drug-likeness (QED) is 0.351. The third kappa shape index (κ3) is 5.12. The molecule has 6 N–H and O–H groups in total. The Labute approximate surface area is 175 Å². The molecule has 8 atom stereocenters. The average Bonchev–Trinajstić information content (AvgIpc) is 3.13. The molecule has 0 aliphatic carbocycles. The van der Waals surface area contributed by atoms with Crippen LogP contribution in [0.4, 0.5) is 0 Å². The van der Waals surface area contributed by atoms with Crippen LogP contribution in [0, 0.1) is 0 Å². The summed E-state index contributed by atoms with van der Waals surface area (Å²) in [5.74, 6) is 0. The SMILES string of the molecule is O.O[C@H]1CO[C@H]2[C@@H]1OC[C@@H]2O.[K+].[O-][C@H]1CO[C@H]2[C@@H]1OC[C@@H]2O.[OH-]. The Balaban J connectivity index is 0.000000372. The Bertz CT molecular complexity index is 284. The Morgan fingerprint density at radius 1 is 0.652 bits per heavy atom. The number of hydrogen-bond donors (Lipinski definition) is 3. The zero-order valence-electron chi connectivity index (χ0n) is 12.8. The van der Waals surface area contributed by atoms with Crippen molar-refractivity contribution in [2.75, 3.05) is 26.4 Å². The largest absolute Gasteiger partial charge is 1.00 e. The Hall–Kier alpha value is 1.24. The molecule has 0 aromatic rings. The molecule has 0 radical (unpaired) electrons. The molecule has 4 saturated heterocycles. The van der Waals surface area contributed by atoms with E-state index >= 15 is 0 Å². The normalized spacial score (nSPS) is 46.4. The van der Waals surface area contributed by atoms with Gasteiger partial charge < -0.3 is 50.3 Å². The van der Waals surface area contributed by atoms with E-state index in [2.05, 4.69) is 0 Å². The van der Waals surface area contributed by atoms with Crippen LogP contribution >= 0.6 is 0 Å². The van der Waals surface area contributed by atoms with Crippen molar-refractivity contribution in [2.24, 2.45) is 0 Å². The molecule has 0 aromatic heterocycles. The molecule has 0 spiro atoms. The van der Waals surface area contributed by atoms with Crippen molar-refractivity contribution in [3.8, 4) is 0 Å². The zero-order valence-corrected chi connectivity index (χ0v) is 15.9. The van der Waals surface area contributed by atoms with E-state index in [1.54, 1.807) is 0 Å². The van der Waals surface area contributed by atoms with Crippen LogP contribution in [-0.4, -0.2) is 102 Å². The fourth-order valence-corrected chi connectivity index (χ4v) is 2.90. The number of aliphatic hydroxyl groups is 3. The first-order valence-corrected chi connectivity index (χ1v) is 6.74. The van der Waals surface area contributed by atoms with Crippen LogP contribution in [0.15, 0.2) is 0 Å². The van der Waals surface area contributed by atoms with Gasteiger partial charge in [0.25, 0.3) is 0 Å². The van der Waals surface area contributed by atoms with Gasteiger partial charge in [0.1, 0.15) is 36.6 Å². The maximum Gasteiger partial charge on any atom is 1.00 e. The standard InChI is InChI=1S/C6H10O4.C6H9O4.K.2H2O/c2*7-3-1-9-6-4(8)2-10-5(3)6;;;/h3-8H,1-2H2;3-7H,1-2H2;;2*1H2/q;-1;+1;;/p-1/t2*3-,4-,5+,6+;;;/m00.../s1. The first-order chi connectivity index (χ1) is 9.58. The summed E-state index contributed by atoms with van der Waals surface area (Å²) in [5.41, 5.74) is 0. The number of fused-ring (bicyclic) bond motifs is 2. The van der Waals surface area contributed by atoms with Crippen molar-refractivity contribution < 1.29 is 102 Å². The number of aliphatic hydroxyl groups excluding tert-OH is 3. The van der Waals surface area contributed by atoms with Crippen molar-refractivity contribution >= 4 is 0 Å². The Morgan fingerprint density at radius 2 is 0.957 bits per heavy atom. The molecule has 0 amide bonds. The van der Waals surface area contributed by atoms with Crippen LogP contribution in [0.2, 0.25) is 0 Å². The van der Waals surface area contributed by atoms with Gasteiger partial charge in [-0.2, -0.15) is 0 Å². The molecule has 23 heavy (non-hydrogen) atoms. The Kier molecular flexibility index (Phi) is 11.0. The summed E-state index contributed by atoms with van der Waals surface area (Å²) in [6, 6.07) is 0. The van der Waals surface area contributed by atoms with Crippen molar-refractivity contribution in [2.45, 2.75) is 48.8 Å². The molecule has 0 unspecified atom stereocenters. The molecule has 0 aromatic carbocycles. The van der Waals surface area contributed by atoms with E-state index in [1.807, 2.05) is 0 Å². The van der Waals surface area contributed by atoms with E-state index in [0.717, 1.165) is 0 Å². The van der Waals surface area contributed by atoms with Crippen molar-refractivity contribution in [3.05, 3.63) is 0 Å². The van der Waals surface area contributed by atoms with Gasteiger partial charge in [-0.1, -0.05) is 6.10 Å². The summed E-state index contributed by atoms with van der Waals surface area (Å²) in [7, 11) is 0. The molecular weight excluding hydrogens is 343 g/mol. The van der Waals surface area contributed by atoms with Gasteiger partial charge in [-0.25, -0.2) is 0 Å². The maximum absolute atomic E-state index is 10.9. The number of hydrogen-bond acceptors (Lipinski definition) is 9. The molecular formula is C12H22KO10-. The summed E-state index contributed by atoms with van der Waals surface area (Å²) >= 11 is 0. The van der Waals surface area contributed by atoms with E-state index in [0.29, 0.717) is 0 Å². The van der Waals surface area contributed by atoms with Gasteiger partial charge in [-0.3, -0.25) is 0 Å². The van der Waals surface area contributed by atoms with E-state index < -0.39 is 30.5 Å². The Morgan fingerprint density at radius 3 is 1.35 bits per heavy atom. The molecule has 11 heteroatoms. The van der Waals surface area contributed by atoms with E-state index in [-0.39, 0.29) is 107 Å². The van der Waals surface area contributed by atoms with Crippen LogP contribution in [0.3, 0.4) is 0 Å². The van der Waals surface area contributed by atoms with Gasteiger partial charge in [0.2, 0.25) is 0 Å². The van der Waals surface area contributed by atoms with Crippen molar-refractivity contribution in [1.82, 2.24) is 0 Å². The molecule has 4 aliphatic heterocycles. The van der Waals surface area contributed by atoms with Gasteiger partial charge in [-0.05, 0) is 0 Å². The van der Waals surface area contributed by atoms with Crippen LogP contribution in [0.5, 0.6) is 0 Å². The maximum atomic E-state index is 10.9. The van der Waals surface area contributed by atoms with Crippen molar-refractivity contribution in [1.29, 1.82) is 0 Å². The molecule has 4 heterocycles. The smallest absolute Gasteiger partial charge is 0.870 e. The minimum absolute atomic E-state index is 0. The summed E-state index contributed by atoms with van der Waals surface area (Å²) < 4.78 is 20.2. The summed E-state index contributed by atoms with van der Waals surface area (Å²) in [5, 5.41) is 38.4. The minimum Gasteiger partial charge on any atom is -0.870 e. The fraction of sp³-hybridized carbons (Fsp3) is 1.00. The topological polar surface area (TPSA) is 182 Å². The van der Waals surface area contributed by atoms with Crippen LogP contribution in [0.1, 0.15) is 0 Å². The number of rotatable bonds is 0. The van der Waals surface area contributed by atoms with E-state index in [4.69, 9.17) is 34.3 Å². The van der Waals surface area contributed by atoms with Crippen LogP contribution < -0.4 is 56.5 Å². The molecule has 10 nitrogen and oxygen atoms in total. The summed E-state index contributed by atoms with van der Waals surface area (Å²) in [4.78, 5) is 0. The molecule has 0 bridgehead atoms. The molecule has 4 fully saturated rings. The minimum atomic E-state index is -0.804. The second-order valence-corrected chi connectivity index (χ2v) is 5.43. The summed E-state index contributed by atoms with van der Waals surface area (Å²) in [6.07, 6.45) is -3.86. The number of ether oxygens (including phenoxy) is 4. The first kappa shape index (κ1) is 24.2. The molecule has 0 saturated carbocycles. The second-order valence-electron chi connectivity index (χ2n) is 5.43. The average molecular weight is 365 g/mol.